The number of hydrogen-bond donors (Lipinski definition) is 1. The number of halogens is 2. The van der Waals surface area contributed by atoms with Gasteiger partial charge >= 0.3 is 0 Å². The van der Waals surface area contributed by atoms with Gasteiger partial charge in [-0.05, 0) is 43.3 Å². The number of amides is 1. The van der Waals surface area contributed by atoms with Crippen LogP contribution in [-0.4, -0.2) is 43.5 Å². The number of likely N-dealkylation sites (N-methyl/N-ethyl adjacent to an activating group) is 1. The van der Waals surface area contributed by atoms with E-state index in [1.807, 2.05) is 31.2 Å². The van der Waals surface area contributed by atoms with E-state index in [2.05, 4.69) is 22.0 Å². The number of nitrogens with one attached hydrogen (secondary N) is 1. The maximum absolute atomic E-state index is 12.7. The van der Waals surface area contributed by atoms with Crippen LogP contribution in [0.5, 0.6) is 0 Å². The predicted octanol–water partition coefficient (Wildman–Crippen LogP) is 4.70. The predicted molar refractivity (Wildman–Crippen MR) is 110 cm³/mol. The van der Waals surface area contributed by atoms with Crippen LogP contribution in [0.4, 0.5) is 11.4 Å². The van der Waals surface area contributed by atoms with Crippen LogP contribution in [0.2, 0.25) is 10.0 Å². The number of rotatable bonds is 4. The Morgan fingerprint density at radius 2 is 1.81 bits per heavy atom. The molecule has 1 N–H and O–H groups in total. The third-order valence-electron chi connectivity index (χ3n) is 4.74. The molecule has 0 aliphatic carbocycles. The van der Waals surface area contributed by atoms with Crippen molar-refractivity contribution >= 4 is 40.5 Å². The third-order valence-corrected chi connectivity index (χ3v) is 5.36. The normalized spacial score (nSPS) is 15.2. The lowest BCUT2D eigenvalue weighted by atomic mass is 10.1. The molecule has 138 valence electrons. The number of carbonyl (C=O) groups is 1. The smallest absolute Gasteiger partial charge is 0.257 e. The number of para-hydroxylation sites is 1. The van der Waals surface area contributed by atoms with Gasteiger partial charge in [-0.3, -0.25) is 4.79 Å². The molecule has 1 amide bonds. The van der Waals surface area contributed by atoms with Gasteiger partial charge < -0.3 is 15.1 Å². The van der Waals surface area contributed by atoms with Gasteiger partial charge in [0.05, 0.1) is 27.0 Å². The van der Waals surface area contributed by atoms with Gasteiger partial charge in [0.15, 0.2) is 0 Å². The van der Waals surface area contributed by atoms with Crippen molar-refractivity contribution < 1.29 is 4.79 Å². The van der Waals surface area contributed by atoms with Crippen molar-refractivity contribution in [1.82, 2.24) is 4.90 Å². The van der Waals surface area contributed by atoms with Crippen molar-refractivity contribution in [3.63, 3.8) is 0 Å². The van der Waals surface area contributed by atoms with Gasteiger partial charge in [-0.15, -0.1) is 0 Å². The van der Waals surface area contributed by atoms with E-state index in [9.17, 15) is 4.79 Å². The molecule has 1 aliphatic heterocycles. The zero-order valence-corrected chi connectivity index (χ0v) is 16.6. The first-order valence-electron chi connectivity index (χ1n) is 8.83. The fraction of sp³-hybridized carbons (Fsp3) is 0.350. The molecular formula is C20H23Cl2N3O. The largest absolute Gasteiger partial charge is 0.366 e. The highest BCUT2D eigenvalue weighted by atomic mass is 35.5. The highest BCUT2D eigenvalue weighted by Gasteiger charge is 2.22. The number of piperazine rings is 1. The Kier molecular flexibility index (Phi) is 6.07. The van der Waals surface area contributed by atoms with Gasteiger partial charge in [0.25, 0.3) is 5.91 Å². The van der Waals surface area contributed by atoms with Crippen LogP contribution in [0.1, 0.15) is 22.8 Å². The molecule has 2 aromatic rings. The summed E-state index contributed by atoms with van der Waals surface area (Å²) in [5.41, 5.74) is 3.06. The maximum Gasteiger partial charge on any atom is 0.257 e. The van der Waals surface area contributed by atoms with E-state index < -0.39 is 0 Å². The Morgan fingerprint density at radius 3 is 2.46 bits per heavy atom. The monoisotopic (exact) mass is 391 g/mol. The Bertz CT molecular complexity index is 802. The van der Waals surface area contributed by atoms with Crippen LogP contribution < -0.4 is 10.2 Å². The summed E-state index contributed by atoms with van der Waals surface area (Å²) in [7, 11) is 0. The van der Waals surface area contributed by atoms with E-state index in [1.54, 1.807) is 12.1 Å². The number of carbonyl (C=O) groups excluding carboxylic acids is 1. The number of nitrogens with zero attached hydrogens (tertiary/aromatic N) is 2. The molecule has 1 fully saturated rings. The van der Waals surface area contributed by atoms with Gasteiger partial charge in [-0.2, -0.15) is 0 Å². The first kappa shape index (κ1) is 19.0. The average molecular weight is 392 g/mol. The van der Waals surface area contributed by atoms with Crippen LogP contribution in [-0.2, 0) is 0 Å². The number of aryl methyl sites for hydroxylation is 1. The molecule has 0 spiro atoms. The minimum absolute atomic E-state index is 0.231. The summed E-state index contributed by atoms with van der Waals surface area (Å²) in [6, 6.07) is 11.0. The summed E-state index contributed by atoms with van der Waals surface area (Å²) in [6.07, 6.45) is 0. The summed E-state index contributed by atoms with van der Waals surface area (Å²) in [5, 5.41) is 4.08. The minimum Gasteiger partial charge on any atom is -0.366 e. The second-order valence-electron chi connectivity index (χ2n) is 6.49. The van der Waals surface area contributed by atoms with Gasteiger partial charge in [-0.1, -0.05) is 42.3 Å². The first-order chi connectivity index (χ1) is 12.5. The van der Waals surface area contributed by atoms with E-state index in [1.165, 1.54) is 0 Å². The maximum atomic E-state index is 12.7. The molecular weight excluding hydrogens is 369 g/mol. The lowest BCUT2D eigenvalue weighted by Gasteiger charge is -2.36. The molecule has 0 bridgehead atoms. The summed E-state index contributed by atoms with van der Waals surface area (Å²) in [6.45, 7) is 8.89. The molecule has 0 aromatic heterocycles. The van der Waals surface area contributed by atoms with Gasteiger partial charge in [-0.25, -0.2) is 0 Å². The Labute approximate surface area is 164 Å². The zero-order chi connectivity index (χ0) is 18.7. The topological polar surface area (TPSA) is 35.6 Å². The highest BCUT2D eigenvalue weighted by Crippen LogP contribution is 2.35. The van der Waals surface area contributed by atoms with Crippen LogP contribution in [0.3, 0.4) is 0 Å². The molecule has 4 nitrogen and oxygen atoms in total. The van der Waals surface area contributed by atoms with E-state index in [0.717, 1.165) is 44.0 Å². The molecule has 6 heteroatoms. The van der Waals surface area contributed by atoms with Gasteiger partial charge in [0.2, 0.25) is 0 Å². The summed E-state index contributed by atoms with van der Waals surface area (Å²) in [4.78, 5) is 17.4. The van der Waals surface area contributed by atoms with Crippen LogP contribution in [0, 0.1) is 6.92 Å². The number of anilines is 2. The Hall–Kier alpha value is -1.75. The van der Waals surface area contributed by atoms with Crippen LogP contribution in [0.25, 0.3) is 0 Å². The molecule has 3 rings (SSSR count). The lowest BCUT2D eigenvalue weighted by Crippen LogP contribution is -2.46. The van der Waals surface area contributed by atoms with Crippen molar-refractivity contribution in [2.75, 3.05) is 42.9 Å². The van der Waals surface area contributed by atoms with Crippen molar-refractivity contribution in [2.24, 2.45) is 0 Å². The Morgan fingerprint density at radius 1 is 1.08 bits per heavy atom. The highest BCUT2D eigenvalue weighted by molar-refractivity contribution is 6.35. The standard InChI is InChI=1S/C20H23Cl2N3O/c1-3-24-9-11-25(12-10-24)19-16(21)5-4-6-18(19)23-20(26)15-8-7-14(2)13-17(15)22/h4-8,13H,3,9-12H2,1-2H3,(H,23,26). The van der Waals surface area contributed by atoms with Gasteiger partial charge in [0.1, 0.15) is 0 Å². The molecule has 1 heterocycles. The quantitative estimate of drug-likeness (QED) is 0.820. The molecule has 0 radical (unpaired) electrons. The minimum atomic E-state index is -0.231. The Balaban J connectivity index is 1.84. The molecule has 2 aromatic carbocycles. The molecule has 0 unspecified atom stereocenters. The fourth-order valence-corrected chi connectivity index (χ4v) is 3.83. The zero-order valence-electron chi connectivity index (χ0n) is 15.1. The SMILES string of the molecule is CCN1CCN(c2c(Cl)cccc2NC(=O)c2ccc(C)cc2Cl)CC1. The van der Waals surface area contributed by atoms with Crippen molar-refractivity contribution in [2.45, 2.75) is 13.8 Å². The lowest BCUT2D eigenvalue weighted by molar-refractivity contribution is 0.102. The summed E-state index contributed by atoms with van der Waals surface area (Å²) in [5.74, 6) is -0.231. The van der Waals surface area contributed by atoms with E-state index in [0.29, 0.717) is 21.3 Å². The number of benzene rings is 2. The van der Waals surface area contributed by atoms with Crippen molar-refractivity contribution in [3.05, 3.63) is 57.6 Å². The van der Waals surface area contributed by atoms with Crippen LogP contribution in [0.15, 0.2) is 36.4 Å². The molecule has 26 heavy (non-hydrogen) atoms. The van der Waals surface area contributed by atoms with Crippen LogP contribution >= 0.6 is 23.2 Å². The molecule has 0 atom stereocenters. The van der Waals surface area contributed by atoms with Crippen molar-refractivity contribution in [3.8, 4) is 0 Å². The molecule has 0 saturated carbocycles. The molecule has 1 saturated heterocycles. The summed E-state index contributed by atoms with van der Waals surface area (Å²) >= 11 is 12.7. The van der Waals surface area contributed by atoms with E-state index >= 15 is 0 Å². The third kappa shape index (κ3) is 4.14. The first-order valence-corrected chi connectivity index (χ1v) is 9.58. The second-order valence-corrected chi connectivity index (χ2v) is 7.31. The van der Waals surface area contributed by atoms with E-state index in [4.69, 9.17) is 23.2 Å². The molecule has 1 aliphatic rings. The average Bonchev–Trinajstić information content (AvgIpc) is 2.62. The van der Waals surface area contributed by atoms with Gasteiger partial charge in [0, 0.05) is 26.2 Å². The summed E-state index contributed by atoms with van der Waals surface area (Å²) < 4.78 is 0. The van der Waals surface area contributed by atoms with E-state index in [-0.39, 0.29) is 5.91 Å². The number of hydrogen-bond acceptors (Lipinski definition) is 3. The second kappa shape index (κ2) is 8.30. The van der Waals surface area contributed by atoms with Crippen molar-refractivity contribution in [1.29, 1.82) is 0 Å². The fourth-order valence-electron chi connectivity index (χ4n) is 3.22.